The van der Waals surface area contributed by atoms with Gasteiger partial charge in [-0.15, -0.1) is 0 Å². The van der Waals surface area contributed by atoms with Gasteiger partial charge in [-0.1, -0.05) is 25.5 Å². The molecule has 0 radical (unpaired) electrons. The lowest BCUT2D eigenvalue weighted by Gasteiger charge is -2.16. The van der Waals surface area contributed by atoms with E-state index in [0.717, 1.165) is 0 Å². The third-order valence-corrected chi connectivity index (χ3v) is 2.50. The van der Waals surface area contributed by atoms with Crippen LogP contribution in [0.5, 0.6) is 0 Å². The Morgan fingerprint density at radius 2 is 2.07 bits per heavy atom. The number of hydrogen-bond donors (Lipinski definition) is 2. The Morgan fingerprint density at radius 1 is 1.29 bits per heavy atom. The Labute approximate surface area is 86.7 Å². The molecular formula is C12H20N2. The van der Waals surface area contributed by atoms with Gasteiger partial charge >= 0.3 is 0 Å². The molecule has 1 rings (SSSR count). The summed E-state index contributed by atoms with van der Waals surface area (Å²) in [6.45, 7) is 2.21. The maximum atomic E-state index is 3.34. The molecule has 0 aliphatic heterocycles. The van der Waals surface area contributed by atoms with Crippen LogP contribution in [0, 0.1) is 0 Å². The number of nitrogens with one attached hydrogen (secondary N) is 2. The highest BCUT2D eigenvalue weighted by Crippen LogP contribution is 2.20. The summed E-state index contributed by atoms with van der Waals surface area (Å²) in [5.74, 6) is 0. The van der Waals surface area contributed by atoms with E-state index in [-0.39, 0.29) is 0 Å². The van der Waals surface area contributed by atoms with Crippen LogP contribution < -0.4 is 10.6 Å². The summed E-state index contributed by atoms with van der Waals surface area (Å²) in [5, 5.41) is 6.50. The number of benzene rings is 1. The summed E-state index contributed by atoms with van der Waals surface area (Å²) in [7, 11) is 3.97. The minimum atomic E-state index is 0.480. The van der Waals surface area contributed by atoms with E-state index in [9.17, 15) is 0 Å². The molecule has 0 aliphatic carbocycles. The van der Waals surface area contributed by atoms with Crippen molar-refractivity contribution in [3.8, 4) is 0 Å². The zero-order valence-electron chi connectivity index (χ0n) is 9.30. The maximum Gasteiger partial charge on any atom is 0.0340 e. The van der Waals surface area contributed by atoms with E-state index in [4.69, 9.17) is 0 Å². The molecule has 0 saturated heterocycles. The average Bonchev–Trinajstić information content (AvgIpc) is 2.26. The van der Waals surface area contributed by atoms with Crippen molar-refractivity contribution in [3.05, 3.63) is 29.8 Å². The predicted molar refractivity (Wildman–Crippen MR) is 62.7 cm³/mol. The molecule has 14 heavy (non-hydrogen) atoms. The van der Waals surface area contributed by atoms with E-state index in [2.05, 4.69) is 41.8 Å². The van der Waals surface area contributed by atoms with Crippen molar-refractivity contribution in [1.29, 1.82) is 0 Å². The first kappa shape index (κ1) is 11.1. The van der Waals surface area contributed by atoms with Crippen molar-refractivity contribution in [2.24, 2.45) is 0 Å². The van der Waals surface area contributed by atoms with Crippen LogP contribution in [0.3, 0.4) is 0 Å². The van der Waals surface area contributed by atoms with E-state index >= 15 is 0 Å². The highest BCUT2D eigenvalue weighted by atomic mass is 14.9. The van der Waals surface area contributed by atoms with Crippen LogP contribution in [0.25, 0.3) is 0 Å². The van der Waals surface area contributed by atoms with E-state index in [1.165, 1.54) is 24.1 Å². The fraction of sp³-hybridized carbons (Fsp3) is 0.500. The summed E-state index contributed by atoms with van der Waals surface area (Å²) >= 11 is 0. The summed E-state index contributed by atoms with van der Waals surface area (Å²) < 4.78 is 0. The molecule has 1 aromatic rings. The van der Waals surface area contributed by atoms with Gasteiger partial charge in [-0.05, 0) is 31.2 Å². The summed E-state index contributed by atoms with van der Waals surface area (Å²) in [6, 6.07) is 9.05. The van der Waals surface area contributed by atoms with Gasteiger partial charge in [0, 0.05) is 18.8 Å². The first-order valence-electron chi connectivity index (χ1n) is 5.26. The first-order valence-corrected chi connectivity index (χ1v) is 5.26. The van der Waals surface area contributed by atoms with Crippen molar-refractivity contribution in [3.63, 3.8) is 0 Å². The van der Waals surface area contributed by atoms with Crippen LogP contribution in [0.2, 0.25) is 0 Å². The van der Waals surface area contributed by atoms with E-state index < -0.39 is 0 Å². The van der Waals surface area contributed by atoms with Crippen LogP contribution in [0.15, 0.2) is 24.3 Å². The highest BCUT2D eigenvalue weighted by molar-refractivity contribution is 5.45. The van der Waals surface area contributed by atoms with Gasteiger partial charge in [-0.25, -0.2) is 0 Å². The standard InChI is InChI=1S/C12H20N2/c1-4-6-12(14-3)10-7-5-8-11(9-10)13-2/h5,7-9,12-14H,4,6H2,1-3H3. The van der Waals surface area contributed by atoms with Crippen molar-refractivity contribution < 1.29 is 0 Å². The monoisotopic (exact) mass is 192 g/mol. The molecular weight excluding hydrogens is 172 g/mol. The van der Waals surface area contributed by atoms with Crippen LogP contribution in [0.4, 0.5) is 5.69 Å². The van der Waals surface area contributed by atoms with Gasteiger partial charge in [0.15, 0.2) is 0 Å². The second-order valence-electron chi connectivity index (χ2n) is 3.51. The minimum Gasteiger partial charge on any atom is -0.388 e. The van der Waals surface area contributed by atoms with Gasteiger partial charge in [0.2, 0.25) is 0 Å². The lowest BCUT2D eigenvalue weighted by molar-refractivity contribution is 0.542. The predicted octanol–water partition coefficient (Wildman–Crippen LogP) is 2.79. The van der Waals surface area contributed by atoms with E-state index in [1.807, 2.05) is 14.1 Å². The lowest BCUT2D eigenvalue weighted by Crippen LogP contribution is -2.16. The molecule has 2 heteroatoms. The third-order valence-electron chi connectivity index (χ3n) is 2.50. The highest BCUT2D eigenvalue weighted by Gasteiger charge is 2.07. The Morgan fingerprint density at radius 3 is 2.64 bits per heavy atom. The molecule has 1 atom stereocenters. The molecule has 0 bridgehead atoms. The normalized spacial score (nSPS) is 12.5. The molecule has 1 unspecified atom stereocenters. The zero-order chi connectivity index (χ0) is 10.4. The minimum absolute atomic E-state index is 0.480. The van der Waals surface area contributed by atoms with Gasteiger partial charge in [0.1, 0.15) is 0 Å². The van der Waals surface area contributed by atoms with Crippen molar-refractivity contribution >= 4 is 5.69 Å². The van der Waals surface area contributed by atoms with Crippen molar-refractivity contribution in [2.45, 2.75) is 25.8 Å². The van der Waals surface area contributed by atoms with E-state index in [1.54, 1.807) is 0 Å². The largest absolute Gasteiger partial charge is 0.388 e. The average molecular weight is 192 g/mol. The number of anilines is 1. The molecule has 0 saturated carbocycles. The smallest absolute Gasteiger partial charge is 0.0340 e. The van der Waals surface area contributed by atoms with E-state index in [0.29, 0.717) is 6.04 Å². The van der Waals surface area contributed by atoms with Gasteiger partial charge in [-0.3, -0.25) is 0 Å². The molecule has 0 spiro atoms. The Kier molecular flexibility index (Phi) is 4.47. The van der Waals surface area contributed by atoms with Crippen LogP contribution in [-0.4, -0.2) is 14.1 Å². The molecule has 0 fully saturated rings. The van der Waals surface area contributed by atoms with Gasteiger partial charge in [-0.2, -0.15) is 0 Å². The number of hydrogen-bond acceptors (Lipinski definition) is 2. The Bertz CT molecular complexity index is 271. The molecule has 0 aromatic heterocycles. The van der Waals surface area contributed by atoms with Gasteiger partial charge < -0.3 is 10.6 Å². The van der Waals surface area contributed by atoms with Crippen molar-refractivity contribution in [2.75, 3.05) is 19.4 Å². The van der Waals surface area contributed by atoms with Gasteiger partial charge in [0.25, 0.3) is 0 Å². The zero-order valence-corrected chi connectivity index (χ0v) is 9.30. The molecule has 2 nitrogen and oxygen atoms in total. The molecule has 0 amide bonds. The lowest BCUT2D eigenvalue weighted by atomic mass is 10.0. The van der Waals surface area contributed by atoms with Gasteiger partial charge in [0.05, 0.1) is 0 Å². The fourth-order valence-corrected chi connectivity index (χ4v) is 1.68. The van der Waals surface area contributed by atoms with Crippen LogP contribution >= 0.6 is 0 Å². The SMILES string of the molecule is CCCC(NC)c1cccc(NC)c1. The first-order chi connectivity index (χ1) is 6.81. The third kappa shape index (κ3) is 2.74. The summed E-state index contributed by atoms with van der Waals surface area (Å²) in [6.07, 6.45) is 2.39. The van der Waals surface area contributed by atoms with Crippen LogP contribution in [-0.2, 0) is 0 Å². The van der Waals surface area contributed by atoms with Crippen molar-refractivity contribution in [1.82, 2.24) is 5.32 Å². The summed E-state index contributed by atoms with van der Waals surface area (Å²) in [4.78, 5) is 0. The maximum absolute atomic E-state index is 3.34. The Balaban J connectivity index is 2.80. The molecule has 2 N–H and O–H groups in total. The second kappa shape index (κ2) is 5.66. The quantitative estimate of drug-likeness (QED) is 0.749. The van der Waals surface area contributed by atoms with Crippen LogP contribution in [0.1, 0.15) is 31.4 Å². The molecule has 0 aliphatic rings. The molecule has 78 valence electrons. The molecule has 0 heterocycles. The number of rotatable bonds is 5. The fourth-order valence-electron chi connectivity index (χ4n) is 1.68. The topological polar surface area (TPSA) is 24.1 Å². The second-order valence-corrected chi connectivity index (χ2v) is 3.51. The Hall–Kier alpha value is -1.02. The molecule has 1 aromatic carbocycles. The summed E-state index contributed by atoms with van der Waals surface area (Å²) in [5.41, 5.74) is 2.54.